The molecule has 128 valence electrons. The highest BCUT2D eigenvalue weighted by Crippen LogP contribution is 2.29. The summed E-state index contributed by atoms with van der Waals surface area (Å²) in [6.45, 7) is 7.86. The van der Waals surface area contributed by atoms with Crippen LogP contribution in [0.1, 0.15) is 38.8 Å². The fourth-order valence-corrected chi connectivity index (χ4v) is 1.86. The van der Waals surface area contributed by atoms with Crippen molar-refractivity contribution in [3.63, 3.8) is 0 Å². The smallest absolute Gasteiger partial charge is 0.165 e. The van der Waals surface area contributed by atoms with Crippen LogP contribution < -0.4 is 4.74 Å². The summed E-state index contributed by atoms with van der Waals surface area (Å²) in [6.07, 6.45) is 1.48. The number of halogens is 1. The summed E-state index contributed by atoms with van der Waals surface area (Å²) in [5.74, 6) is 0.0474. The second-order valence-corrected chi connectivity index (χ2v) is 4.42. The van der Waals surface area contributed by atoms with Gasteiger partial charge in [0.15, 0.2) is 23.1 Å². The molecule has 0 aliphatic carbocycles. The number of ether oxygens (including phenoxy) is 1. The van der Waals surface area contributed by atoms with Crippen LogP contribution in [0, 0.1) is 5.82 Å². The normalized spacial score (nSPS) is 9.13. The van der Waals surface area contributed by atoms with Crippen molar-refractivity contribution in [2.24, 2.45) is 0 Å². The van der Waals surface area contributed by atoms with Gasteiger partial charge in [0, 0.05) is 0 Å². The molecule has 0 saturated heterocycles. The lowest BCUT2D eigenvalue weighted by atomic mass is 10.1. The van der Waals surface area contributed by atoms with Gasteiger partial charge in [-0.05, 0) is 36.1 Å². The highest BCUT2D eigenvalue weighted by molar-refractivity contribution is 5.45. The predicted octanol–water partition coefficient (Wildman–Crippen LogP) is 5.08. The molecule has 4 heteroatoms. The Hall–Kier alpha value is -2.23. The summed E-state index contributed by atoms with van der Waals surface area (Å²) < 4.78 is 17.5. The molecule has 3 nitrogen and oxygen atoms in total. The standard InChI is InChI=1S/C9H12O2.C8H9FO.C2H6/c1-3-7-5-4-6-8(11-2)9(7)10;1-2-6-4-3-5-7(9)8(6)10;1-2/h4-6,10H,3H2,1-2H3;3-5,10H,2H2,1H3;1-2H3. The molecule has 2 aromatic rings. The number of rotatable bonds is 3. The van der Waals surface area contributed by atoms with E-state index in [1.807, 2.05) is 39.8 Å². The number of aromatic hydroxyl groups is 2. The molecule has 0 spiro atoms. The summed E-state index contributed by atoms with van der Waals surface area (Å²) in [4.78, 5) is 0. The third-order valence-electron chi connectivity index (χ3n) is 3.13. The van der Waals surface area contributed by atoms with E-state index in [2.05, 4.69) is 0 Å². The van der Waals surface area contributed by atoms with E-state index >= 15 is 0 Å². The zero-order valence-corrected chi connectivity index (χ0v) is 14.6. The summed E-state index contributed by atoms with van der Waals surface area (Å²) >= 11 is 0. The van der Waals surface area contributed by atoms with Crippen molar-refractivity contribution < 1.29 is 19.3 Å². The van der Waals surface area contributed by atoms with Gasteiger partial charge in [0.2, 0.25) is 0 Å². The Morgan fingerprint density at radius 2 is 1.35 bits per heavy atom. The molecule has 2 N–H and O–H groups in total. The molecule has 0 atom stereocenters. The lowest BCUT2D eigenvalue weighted by Gasteiger charge is -2.05. The maximum absolute atomic E-state index is 12.5. The summed E-state index contributed by atoms with van der Waals surface area (Å²) in [5, 5.41) is 18.5. The van der Waals surface area contributed by atoms with Crippen LogP contribution in [0.15, 0.2) is 36.4 Å². The number of methoxy groups -OCH3 is 1. The molecule has 0 aliphatic rings. The largest absolute Gasteiger partial charge is 0.505 e. The Morgan fingerprint density at radius 1 is 0.870 bits per heavy atom. The number of hydrogen-bond donors (Lipinski definition) is 2. The van der Waals surface area contributed by atoms with Gasteiger partial charge in [-0.15, -0.1) is 0 Å². The molecule has 0 aliphatic heterocycles. The van der Waals surface area contributed by atoms with Crippen LogP contribution >= 0.6 is 0 Å². The first kappa shape index (κ1) is 20.8. The predicted molar refractivity (Wildman–Crippen MR) is 92.8 cm³/mol. The third-order valence-corrected chi connectivity index (χ3v) is 3.13. The van der Waals surface area contributed by atoms with E-state index in [-0.39, 0.29) is 11.5 Å². The topological polar surface area (TPSA) is 49.7 Å². The molecule has 2 aromatic carbocycles. The Balaban J connectivity index is 0.000000381. The SMILES string of the molecule is CC.CCc1cccc(F)c1O.CCc1cccc(OC)c1O. The number of phenolic OH excluding ortho intramolecular Hbond substituents is 2. The van der Waals surface area contributed by atoms with Crippen molar-refractivity contribution in [2.45, 2.75) is 40.5 Å². The second-order valence-electron chi connectivity index (χ2n) is 4.42. The van der Waals surface area contributed by atoms with Gasteiger partial charge >= 0.3 is 0 Å². The van der Waals surface area contributed by atoms with Crippen LogP contribution in [0.4, 0.5) is 4.39 Å². The van der Waals surface area contributed by atoms with Crippen molar-refractivity contribution in [3.05, 3.63) is 53.3 Å². The quantitative estimate of drug-likeness (QED) is 0.828. The molecule has 0 radical (unpaired) electrons. The number of hydrogen-bond acceptors (Lipinski definition) is 3. The first-order chi connectivity index (χ1) is 11.0. The van der Waals surface area contributed by atoms with Crippen molar-refractivity contribution in [2.75, 3.05) is 7.11 Å². The minimum atomic E-state index is -0.542. The molecule has 0 saturated carbocycles. The van der Waals surface area contributed by atoms with Gasteiger partial charge in [-0.3, -0.25) is 0 Å². The Morgan fingerprint density at radius 3 is 1.78 bits per heavy atom. The van der Waals surface area contributed by atoms with Gasteiger partial charge < -0.3 is 14.9 Å². The minimum absolute atomic E-state index is 0.218. The monoisotopic (exact) mass is 322 g/mol. The Labute approximate surface area is 138 Å². The Kier molecular flexibility index (Phi) is 10.3. The maximum Gasteiger partial charge on any atom is 0.165 e. The van der Waals surface area contributed by atoms with Gasteiger partial charge in [0.1, 0.15) is 0 Å². The van der Waals surface area contributed by atoms with E-state index in [9.17, 15) is 9.50 Å². The highest BCUT2D eigenvalue weighted by atomic mass is 19.1. The van der Waals surface area contributed by atoms with Crippen molar-refractivity contribution in [3.8, 4) is 17.2 Å². The zero-order chi connectivity index (χ0) is 17.8. The van der Waals surface area contributed by atoms with Crippen molar-refractivity contribution in [1.82, 2.24) is 0 Å². The van der Waals surface area contributed by atoms with Gasteiger partial charge in [0.25, 0.3) is 0 Å². The fraction of sp³-hybridized carbons (Fsp3) is 0.368. The second kappa shape index (κ2) is 11.4. The molecule has 0 bridgehead atoms. The summed E-state index contributed by atoms with van der Waals surface area (Å²) in [5.41, 5.74) is 1.57. The number of phenols is 2. The third kappa shape index (κ3) is 6.19. The molecule has 0 aromatic heterocycles. The van der Waals surface area contributed by atoms with Crippen LogP contribution in [0.2, 0.25) is 0 Å². The first-order valence-corrected chi connectivity index (χ1v) is 7.86. The van der Waals surface area contributed by atoms with E-state index < -0.39 is 5.82 Å². The van der Waals surface area contributed by atoms with E-state index in [4.69, 9.17) is 9.84 Å². The van der Waals surface area contributed by atoms with Crippen LogP contribution in [0.3, 0.4) is 0 Å². The van der Waals surface area contributed by atoms with Gasteiger partial charge in [-0.1, -0.05) is 52.0 Å². The lowest BCUT2D eigenvalue weighted by Crippen LogP contribution is -1.87. The highest BCUT2D eigenvalue weighted by Gasteiger charge is 2.04. The number of para-hydroxylation sites is 2. The van der Waals surface area contributed by atoms with Crippen molar-refractivity contribution >= 4 is 0 Å². The van der Waals surface area contributed by atoms with E-state index in [0.717, 1.165) is 12.0 Å². The molecule has 23 heavy (non-hydrogen) atoms. The molecule has 0 unspecified atom stereocenters. The van der Waals surface area contributed by atoms with E-state index in [1.165, 1.54) is 6.07 Å². The first-order valence-electron chi connectivity index (χ1n) is 7.86. The van der Waals surface area contributed by atoms with E-state index in [1.54, 1.807) is 25.3 Å². The van der Waals surface area contributed by atoms with Gasteiger partial charge in [-0.2, -0.15) is 0 Å². The number of benzene rings is 2. The molecule has 0 fully saturated rings. The summed E-state index contributed by atoms with van der Waals surface area (Å²) in [6, 6.07) is 10.0. The molecular weight excluding hydrogens is 295 g/mol. The fourth-order valence-electron chi connectivity index (χ4n) is 1.86. The Bertz CT molecular complexity index is 561. The number of aryl methyl sites for hydroxylation is 2. The van der Waals surface area contributed by atoms with Crippen molar-refractivity contribution in [1.29, 1.82) is 0 Å². The molecular formula is C19H27FO3. The van der Waals surface area contributed by atoms with Crippen LogP contribution in [0.5, 0.6) is 17.2 Å². The van der Waals surface area contributed by atoms with Gasteiger partial charge in [-0.25, -0.2) is 4.39 Å². The van der Waals surface area contributed by atoms with Crippen LogP contribution in [0.25, 0.3) is 0 Å². The summed E-state index contributed by atoms with van der Waals surface area (Å²) in [7, 11) is 1.55. The van der Waals surface area contributed by atoms with Crippen LogP contribution in [-0.4, -0.2) is 17.3 Å². The van der Waals surface area contributed by atoms with E-state index in [0.29, 0.717) is 17.7 Å². The average molecular weight is 322 g/mol. The average Bonchev–Trinajstić information content (AvgIpc) is 2.60. The lowest BCUT2D eigenvalue weighted by molar-refractivity contribution is 0.371. The molecule has 0 amide bonds. The molecule has 2 rings (SSSR count). The molecule has 0 heterocycles. The maximum atomic E-state index is 12.5. The zero-order valence-electron chi connectivity index (χ0n) is 14.6. The van der Waals surface area contributed by atoms with Crippen LogP contribution in [-0.2, 0) is 12.8 Å². The minimum Gasteiger partial charge on any atom is -0.505 e. The van der Waals surface area contributed by atoms with Gasteiger partial charge in [0.05, 0.1) is 7.11 Å².